The third kappa shape index (κ3) is 6.32. The van der Waals surface area contributed by atoms with Crippen molar-refractivity contribution in [2.24, 2.45) is 0 Å². The lowest BCUT2D eigenvalue weighted by atomic mass is 10.1. The van der Waals surface area contributed by atoms with Crippen LogP contribution in [-0.2, 0) is 25.8 Å². The van der Waals surface area contributed by atoms with Crippen molar-refractivity contribution in [2.75, 3.05) is 19.9 Å². The first-order chi connectivity index (χ1) is 13.6. The highest BCUT2D eigenvalue weighted by Crippen LogP contribution is 2.17. The van der Waals surface area contributed by atoms with E-state index in [-0.39, 0.29) is 10.5 Å². The lowest BCUT2D eigenvalue weighted by Gasteiger charge is -2.15. The Bertz CT molecular complexity index is 983. The van der Waals surface area contributed by atoms with E-state index in [4.69, 9.17) is 9.47 Å². The molecule has 0 bridgehead atoms. The van der Waals surface area contributed by atoms with Crippen LogP contribution in [0.5, 0.6) is 5.75 Å². The maximum atomic E-state index is 12.4. The first-order valence-corrected chi connectivity index (χ1v) is 10.9. The fourth-order valence-corrected chi connectivity index (χ4v) is 3.24. The fourth-order valence-electron chi connectivity index (χ4n) is 2.60. The maximum absolute atomic E-state index is 12.4. The number of carbonyl (C=O) groups is 2. The lowest BCUT2D eigenvalue weighted by Crippen LogP contribution is -2.37. The quantitative estimate of drug-likeness (QED) is 0.660. The summed E-state index contributed by atoms with van der Waals surface area (Å²) < 4.78 is 33.7. The number of hydrogen-bond donors (Lipinski definition) is 1. The minimum Gasteiger partial charge on any atom is -0.497 e. The van der Waals surface area contributed by atoms with Crippen LogP contribution in [0.4, 0.5) is 0 Å². The molecule has 29 heavy (non-hydrogen) atoms. The zero-order valence-electron chi connectivity index (χ0n) is 16.9. The van der Waals surface area contributed by atoms with Crippen molar-refractivity contribution < 1.29 is 27.5 Å². The Morgan fingerprint density at radius 3 is 2.34 bits per heavy atom. The summed E-state index contributed by atoms with van der Waals surface area (Å²) in [6, 6.07) is 11.7. The molecule has 0 radical (unpaired) electrons. The van der Waals surface area contributed by atoms with Crippen LogP contribution in [0.1, 0.15) is 28.4 Å². The molecule has 2 aromatic carbocycles. The van der Waals surface area contributed by atoms with E-state index in [9.17, 15) is 18.0 Å². The molecule has 0 heterocycles. The maximum Gasteiger partial charge on any atom is 0.339 e. The number of benzene rings is 2. The Morgan fingerprint density at radius 2 is 1.76 bits per heavy atom. The summed E-state index contributed by atoms with van der Waals surface area (Å²) in [4.78, 5) is 24.6. The second kappa shape index (κ2) is 9.56. The molecule has 7 nitrogen and oxygen atoms in total. The van der Waals surface area contributed by atoms with Crippen molar-refractivity contribution in [1.29, 1.82) is 0 Å². The van der Waals surface area contributed by atoms with Gasteiger partial charge in [-0.15, -0.1) is 0 Å². The molecule has 1 N–H and O–H groups in total. The number of hydrogen-bond acceptors (Lipinski definition) is 6. The summed E-state index contributed by atoms with van der Waals surface area (Å²) in [5, 5.41) is 2.72. The average molecular weight is 419 g/mol. The number of ether oxygens (including phenoxy) is 2. The van der Waals surface area contributed by atoms with Gasteiger partial charge in [0.25, 0.3) is 5.91 Å². The minimum atomic E-state index is -3.46. The normalized spacial score (nSPS) is 12.1. The van der Waals surface area contributed by atoms with Crippen molar-refractivity contribution in [3.8, 4) is 5.75 Å². The van der Waals surface area contributed by atoms with Gasteiger partial charge in [0.15, 0.2) is 15.9 Å². The van der Waals surface area contributed by atoms with Crippen LogP contribution in [0.3, 0.4) is 0 Å². The first-order valence-electron chi connectivity index (χ1n) is 9.04. The molecule has 0 saturated heterocycles. The van der Waals surface area contributed by atoms with Gasteiger partial charge in [-0.25, -0.2) is 13.2 Å². The highest BCUT2D eigenvalue weighted by atomic mass is 32.2. The van der Waals surface area contributed by atoms with Crippen LogP contribution in [0.25, 0.3) is 0 Å². The predicted molar refractivity (Wildman–Crippen MR) is 109 cm³/mol. The second-order valence-electron chi connectivity index (χ2n) is 6.69. The summed E-state index contributed by atoms with van der Waals surface area (Å²) in [5.74, 6) is -0.414. The van der Waals surface area contributed by atoms with Gasteiger partial charge in [0, 0.05) is 12.8 Å². The van der Waals surface area contributed by atoms with E-state index in [2.05, 4.69) is 5.32 Å². The largest absolute Gasteiger partial charge is 0.497 e. The number of nitrogens with one attached hydrogen (secondary N) is 1. The van der Waals surface area contributed by atoms with E-state index in [0.717, 1.165) is 17.6 Å². The zero-order valence-corrected chi connectivity index (χ0v) is 17.7. The van der Waals surface area contributed by atoms with Gasteiger partial charge in [-0.05, 0) is 55.7 Å². The van der Waals surface area contributed by atoms with E-state index in [1.807, 2.05) is 24.3 Å². The SMILES string of the molecule is COc1ccc(CCNC(=O)[C@@H](C)OC(=O)c2cc(S(C)(=O)=O)ccc2C)cc1. The Labute approximate surface area is 170 Å². The average Bonchev–Trinajstić information content (AvgIpc) is 2.67. The monoisotopic (exact) mass is 419 g/mol. The number of rotatable bonds is 8. The van der Waals surface area contributed by atoms with Crippen LogP contribution in [0.15, 0.2) is 47.4 Å². The molecular weight excluding hydrogens is 394 g/mol. The predicted octanol–water partition coefficient (Wildman–Crippen LogP) is 2.31. The Morgan fingerprint density at radius 1 is 1.10 bits per heavy atom. The van der Waals surface area contributed by atoms with Crippen molar-refractivity contribution in [3.63, 3.8) is 0 Å². The van der Waals surface area contributed by atoms with Crippen LogP contribution in [0, 0.1) is 6.92 Å². The summed E-state index contributed by atoms with van der Waals surface area (Å²) in [7, 11) is -1.86. The summed E-state index contributed by atoms with van der Waals surface area (Å²) in [5.41, 5.74) is 1.71. The van der Waals surface area contributed by atoms with E-state index in [1.165, 1.54) is 25.1 Å². The number of amides is 1. The molecule has 1 amide bonds. The molecule has 0 aliphatic heterocycles. The van der Waals surface area contributed by atoms with Gasteiger partial charge in [-0.2, -0.15) is 0 Å². The molecule has 0 fully saturated rings. The number of methoxy groups -OCH3 is 1. The lowest BCUT2D eigenvalue weighted by molar-refractivity contribution is -0.129. The van der Waals surface area contributed by atoms with Crippen LogP contribution in [-0.4, -0.2) is 46.3 Å². The van der Waals surface area contributed by atoms with E-state index < -0.39 is 27.8 Å². The third-order valence-electron chi connectivity index (χ3n) is 4.38. The van der Waals surface area contributed by atoms with Crippen molar-refractivity contribution in [2.45, 2.75) is 31.3 Å². The molecule has 0 aromatic heterocycles. The number of sulfone groups is 1. The molecular formula is C21H25NO6S. The summed E-state index contributed by atoms with van der Waals surface area (Å²) in [6.45, 7) is 3.52. The Kier molecular flexibility index (Phi) is 7.39. The van der Waals surface area contributed by atoms with Crippen molar-refractivity contribution in [1.82, 2.24) is 5.32 Å². The van der Waals surface area contributed by atoms with Gasteiger partial charge in [-0.1, -0.05) is 18.2 Å². The standard InChI is InChI=1S/C21H25NO6S/c1-14-5-10-18(29(4,25)26)13-19(14)21(24)28-15(2)20(23)22-12-11-16-6-8-17(27-3)9-7-16/h5-10,13,15H,11-12H2,1-4H3,(H,22,23)/t15-/m1/s1. The molecule has 0 spiro atoms. The fraction of sp³-hybridized carbons (Fsp3) is 0.333. The third-order valence-corrected chi connectivity index (χ3v) is 5.49. The van der Waals surface area contributed by atoms with Gasteiger partial charge in [-0.3, -0.25) is 4.79 Å². The molecule has 156 valence electrons. The van der Waals surface area contributed by atoms with Crippen molar-refractivity contribution in [3.05, 3.63) is 59.2 Å². The van der Waals surface area contributed by atoms with Gasteiger partial charge in [0.2, 0.25) is 0 Å². The molecule has 1 atom stereocenters. The van der Waals surface area contributed by atoms with Gasteiger partial charge in [0.1, 0.15) is 5.75 Å². The molecule has 2 rings (SSSR count). The van der Waals surface area contributed by atoms with Crippen molar-refractivity contribution >= 4 is 21.7 Å². The van der Waals surface area contributed by atoms with Crippen LogP contribution in [0.2, 0.25) is 0 Å². The molecule has 0 saturated carbocycles. The zero-order chi connectivity index (χ0) is 21.6. The number of aryl methyl sites for hydroxylation is 1. The highest BCUT2D eigenvalue weighted by Gasteiger charge is 2.21. The molecule has 8 heteroatoms. The molecule has 0 unspecified atom stereocenters. The van der Waals surface area contributed by atoms with E-state index >= 15 is 0 Å². The Hall–Kier alpha value is -2.87. The first kappa shape index (κ1) is 22.4. The second-order valence-corrected chi connectivity index (χ2v) is 8.70. The van der Waals surface area contributed by atoms with Gasteiger partial charge in [0.05, 0.1) is 17.6 Å². The molecule has 0 aliphatic carbocycles. The van der Waals surface area contributed by atoms with E-state index in [0.29, 0.717) is 18.5 Å². The topological polar surface area (TPSA) is 98.8 Å². The summed E-state index contributed by atoms with van der Waals surface area (Å²) >= 11 is 0. The van der Waals surface area contributed by atoms with Gasteiger partial charge < -0.3 is 14.8 Å². The van der Waals surface area contributed by atoms with Crippen LogP contribution < -0.4 is 10.1 Å². The molecule has 0 aliphatic rings. The summed E-state index contributed by atoms with van der Waals surface area (Å²) in [6.07, 6.45) is 0.664. The smallest absolute Gasteiger partial charge is 0.339 e. The number of esters is 1. The van der Waals surface area contributed by atoms with Crippen LogP contribution >= 0.6 is 0 Å². The minimum absolute atomic E-state index is 0.0200. The van der Waals surface area contributed by atoms with E-state index in [1.54, 1.807) is 14.0 Å². The Balaban J connectivity index is 1.92. The molecule has 2 aromatic rings. The highest BCUT2D eigenvalue weighted by molar-refractivity contribution is 7.90. The number of carbonyl (C=O) groups excluding carboxylic acids is 2. The van der Waals surface area contributed by atoms with Gasteiger partial charge >= 0.3 is 5.97 Å².